The number of hydrogen-bond donors (Lipinski definition) is 0. The quantitative estimate of drug-likeness (QED) is 0.535. The van der Waals surface area contributed by atoms with Crippen molar-refractivity contribution in [1.29, 1.82) is 0 Å². The first-order chi connectivity index (χ1) is 5.11. The maximum Gasteiger partial charge on any atom is -0.0294 e. The summed E-state index contributed by atoms with van der Waals surface area (Å²) in [7, 11) is 0. The van der Waals surface area contributed by atoms with Gasteiger partial charge in [0.05, 0.1) is 0 Å². The molecule has 0 aliphatic carbocycles. The first-order valence-electron chi connectivity index (χ1n) is 4.42. The van der Waals surface area contributed by atoms with Crippen molar-refractivity contribution in [3.8, 4) is 0 Å². The highest BCUT2D eigenvalue weighted by atomic mass is 14.0. The Morgan fingerprint density at radius 2 is 2.00 bits per heavy atom. The van der Waals surface area contributed by atoms with Gasteiger partial charge in [-0.25, -0.2) is 0 Å². The molecule has 0 saturated heterocycles. The minimum Gasteiger partial charge on any atom is -0.0988 e. The largest absolute Gasteiger partial charge is 0.0988 e. The van der Waals surface area contributed by atoms with Crippen LogP contribution in [0.5, 0.6) is 0 Å². The van der Waals surface area contributed by atoms with Gasteiger partial charge in [0.15, 0.2) is 0 Å². The van der Waals surface area contributed by atoms with Crippen LogP contribution in [0.15, 0.2) is 23.8 Å². The van der Waals surface area contributed by atoms with E-state index in [4.69, 9.17) is 0 Å². The van der Waals surface area contributed by atoms with Gasteiger partial charge in [0.2, 0.25) is 0 Å². The van der Waals surface area contributed by atoms with Gasteiger partial charge in [0.1, 0.15) is 0 Å². The third-order valence-electron chi connectivity index (χ3n) is 1.89. The molecule has 0 rings (SSSR count). The third-order valence-corrected chi connectivity index (χ3v) is 1.89. The van der Waals surface area contributed by atoms with Crippen molar-refractivity contribution in [3.05, 3.63) is 23.8 Å². The van der Waals surface area contributed by atoms with Crippen LogP contribution < -0.4 is 0 Å². The van der Waals surface area contributed by atoms with E-state index in [1.807, 2.05) is 6.08 Å². The molecular formula is C11H20. The maximum absolute atomic E-state index is 3.80. The summed E-state index contributed by atoms with van der Waals surface area (Å²) < 4.78 is 0. The third kappa shape index (κ3) is 4.02. The lowest BCUT2D eigenvalue weighted by Gasteiger charge is -2.08. The summed E-state index contributed by atoms with van der Waals surface area (Å²) >= 11 is 0. The predicted octanol–water partition coefficient (Wildman–Crippen LogP) is 3.95. The molecule has 0 radical (unpaired) electrons. The van der Waals surface area contributed by atoms with Crippen molar-refractivity contribution in [1.82, 2.24) is 0 Å². The van der Waals surface area contributed by atoms with E-state index in [1.54, 1.807) is 0 Å². The number of allylic oxidation sites excluding steroid dienone is 3. The van der Waals surface area contributed by atoms with Crippen LogP contribution in [0.2, 0.25) is 0 Å². The van der Waals surface area contributed by atoms with Gasteiger partial charge in [-0.1, -0.05) is 39.0 Å². The molecule has 0 aliphatic heterocycles. The average molecular weight is 152 g/mol. The molecule has 0 fully saturated rings. The Hall–Kier alpha value is -0.520. The summed E-state index contributed by atoms with van der Waals surface area (Å²) in [5.74, 6) is 0.761. The van der Waals surface area contributed by atoms with Crippen LogP contribution in [-0.4, -0.2) is 0 Å². The number of hydrogen-bond acceptors (Lipinski definition) is 0. The van der Waals surface area contributed by atoms with E-state index in [9.17, 15) is 0 Å². The van der Waals surface area contributed by atoms with E-state index in [-0.39, 0.29) is 0 Å². The van der Waals surface area contributed by atoms with Gasteiger partial charge < -0.3 is 0 Å². The Bertz CT molecular complexity index is 149. The normalized spacial score (nSPS) is 13.2. The van der Waals surface area contributed by atoms with Crippen LogP contribution >= 0.6 is 0 Å². The highest BCUT2D eigenvalue weighted by Gasteiger charge is 1.99. The minimum atomic E-state index is 0.761. The second-order valence-electron chi connectivity index (χ2n) is 3.46. The molecule has 0 unspecified atom stereocenters. The summed E-state index contributed by atoms with van der Waals surface area (Å²) in [5.41, 5.74) is 2.91. The standard InChI is InChI=1S/C11H20/c1-6-11(7-2)10(5)8-9(3)4/h6,9H,1,7-8H2,2-5H3. The fourth-order valence-corrected chi connectivity index (χ4v) is 1.36. The van der Waals surface area contributed by atoms with E-state index in [0.29, 0.717) is 0 Å². The summed E-state index contributed by atoms with van der Waals surface area (Å²) in [4.78, 5) is 0. The van der Waals surface area contributed by atoms with Crippen LogP contribution in [0.25, 0.3) is 0 Å². The molecule has 0 aromatic rings. The molecule has 0 nitrogen and oxygen atoms in total. The van der Waals surface area contributed by atoms with E-state index >= 15 is 0 Å². The lowest BCUT2D eigenvalue weighted by Crippen LogP contribution is -1.91. The van der Waals surface area contributed by atoms with Gasteiger partial charge in [0.25, 0.3) is 0 Å². The smallest absolute Gasteiger partial charge is 0.0294 e. The molecule has 0 heterocycles. The molecular weight excluding hydrogens is 132 g/mol. The van der Waals surface area contributed by atoms with Gasteiger partial charge in [-0.3, -0.25) is 0 Å². The lowest BCUT2D eigenvalue weighted by atomic mass is 9.98. The Kier molecular flexibility index (Phi) is 4.93. The van der Waals surface area contributed by atoms with Crippen LogP contribution in [0.3, 0.4) is 0 Å². The van der Waals surface area contributed by atoms with Crippen LogP contribution in [0, 0.1) is 5.92 Å². The molecule has 0 heteroatoms. The molecule has 0 aromatic heterocycles. The first kappa shape index (κ1) is 10.5. The van der Waals surface area contributed by atoms with Gasteiger partial charge in [-0.2, -0.15) is 0 Å². The Labute approximate surface area is 71.0 Å². The summed E-state index contributed by atoms with van der Waals surface area (Å²) in [6.45, 7) is 12.7. The Morgan fingerprint density at radius 1 is 1.45 bits per heavy atom. The molecule has 0 atom stereocenters. The highest BCUT2D eigenvalue weighted by Crippen LogP contribution is 2.17. The Balaban J connectivity index is 4.23. The SMILES string of the molecule is C=CC(CC)=C(C)CC(C)C. The zero-order chi connectivity index (χ0) is 8.85. The van der Waals surface area contributed by atoms with Crippen molar-refractivity contribution < 1.29 is 0 Å². The van der Waals surface area contributed by atoms with Gasteiger partial charge in [-0.15, -0.1) is 0 Å². The van der Waals surface area contributed by atoms with Crippen molar-refractivity contribution in [3.63, 3.8) is 0 Å². The van der Waals surface area contributed by atoms with Gasteiger partial charge in [-0.05, 0) is 31.3 Å². The van der Waals surface area contributed by atoms with E-state index in [0.717, 1.165) is 12.3 Å². The minimum absolute atomic E-state index is 0.761. The fraction of sp³-hybridized carbons (Fsp3) is 0.636. The zero-order valence-corrected chi connectivity index (χ0v) is 8.28. The Morgan fingerprint density at radius 3 is 2.27 bits per heavy atom. The molecule has 0 N–H and O–H groups in total. The first-order valence-corrected chi connectivity index (χ1v) is 4.42. The molecule has 0 aliphatic rings. The lowest BCUT2D eigenvalue weighted by molar-refractivity contribution is 0.638. The molecule has 0 amide bonds. The van der Waals surface area contributed by atoms with Crippen LogP contribution in [0.4, 0.5) is 0 Å². The van der Waals surface area contributed by atoms with E-state index in [2.05, 4.69) is 34.3 Å². The second-order valence-corrected chi connectivity index (χ2v) is 3.46. The average Bonchev–Trinajstić information content (AvgIpc) is 1.88. The zero-order valence-electron chi connectivity index (χ0n) is 8.28. The van der Waals surface area contributed by atoms with Crippen molar-refractivity contribution in [2.24, 2.45) is 5.92 Å². The highest BCUT2D eigenvalue weighted by molar-refractivity contribution is 5.22. The van der Waals surface area contributed by atoms with Crippen LogP contribution in [-0.2, 0) is 0 Å². The second kappa shape index (κ2) is 5.17. The molecule has 0 aromatic carbocycles. The van der Waals surface area contributed by atoms with E-state index in [1.165, 1.54) is 17.6 Å². The van der Waals surface area contributed by atoms with Gasteiger partial charge in [0, 0.05) is 0 Å². The fourth-order valence-electron chi connectivity index (χ4n) is 1.36. The molecule has 0 saturated carbocycles. The van der Waals surface area contributed by atoms with Crippen molar-refractivity contribution in [2.75, 3.05) is 0 Å². The molecule has 0 spiro atoms. The molecule has 64 valence electrons. The van der Waals surface area contributed by atoms with Crippen molar-refractivity contribution >= 4 is 0 Å². The van der Waals surface area contributed by atoms with E-state index < -0.39 is 0 Å². The monoisotopic (exact) mass is 152 g/mol. The van der Waals surface area contributed by atoms with Crippen LogP contribution in [0.1, 0.15) is 40.5 Å². The molecule has 11 heavy (non-hydrogen) atoms. The number of rotatable bonds is 4. The summed E-state index contributed by atoms with van der Waals surface area (Å²) in [6.07, 6.45) is 4.30. The maximum atomic E-state index is 3.80. The van der Waals surface area contributed by atoms with Crippen molar-refractivity contribution in [2.45, 2.75) is 40.5 Å². The summed E-state index contributed by atoms with van der Waals surface area (Å²) in [5, 5.41) is 0. The molecule has 0 bridgehead atoms. The topological polar surface area (TPSA) is 0 Å². The predicted molar refractivity (Wildman–Crippen MR) is 52.6 cm³/mol. The summed E-state index contributed by atoms with van der Waals surface area (Å²) in [6, 6.07) is 0. The van der Waals surface area contributed by atoms with Gasteiger partial charge >= 0.3 is 0 Å².